The van der Waals surface area contributed by atoms with Gasteiger partial charge in [0.1, 0.15) is 17.9 Å². The molecular formula is C24H17ClN2O4. The minimum Gasteiger partial charge on any atom is -0.487 e. The van der Waals surface area contributed by atoms with Crippen molar-refractivity contribution in [1.29, 1.82) is 0 Å². The number of hydrogen-bond donors (Lipinski definition) is 1. The summed E-state index contributed by atoms with van der Waals surface area (Å²) in [5, 5.41) is 2.53. The van der Waals surface area contributed by atoms with Crippen LogP contribution in [0.4, 0.5) is 10.5 Å². The lowest BCUT2D eigenvalue weighted by molar-refractivity contribution is -0.122. The van der Waals surface area contributed by atoms with Crippen molar-refractivity contribution >= 4 is 41.2 Å². The Balaban J connectivity index is 1.56. The van der Waals surface area contributed by atoms with Crippen LogP contribution >= 0.6 is 11.6 Å². The SMILES string of the molecule is O=C1NC(=O)N(c2ccccc2)C(=O)/C1=C/c1ccc(OCc2ccccc2)c(Cl)c1. The van der Waals surface area contributed by atoms with E-state index in [4.69, 9.17) is 16.3 Å². The third kappa shape index (κ3) is 4.49. The molecule has 0 radical (unpaired) electrons. The summed E-state index contributed by atoms with van der Waals surface area (Å²) in [5.41, 5.74) is 1.72. The fraction of sp³-hybridized carbons (Fsp3) is 0.0417. The average Bonchev–Trinajstić information content (AvgIpc) is 2.77. The number of halogens is 1. The van der Waals surface area contributed by atoms with Crippen molar-refractivity contribution in [3.63, 3.8) is 0 Å². The number of barbiturate groups is 1. The molecule has 4 amide bonds. The third-order valence-electron chi connectivity index (χ3n) is 4.62. The molecule has 3 aromatic rings. The number of imide groups is 2. The van der Waals surface area contributed by atoms with Crippen LogP contribution in [0.3, 0.4) is 0 Å². The molecule has 7 heteroatoms. The van der Waals surface area contributed by atoms with Gasteiger partial charge < -0.3 is 4.74 Å². The quantitative estimate of drug-likeness (QED) is 0.472. The van der Waals surface area contributed by atoms with Gasteiger partial charge in [-0.05, 0) is 41.5 Å². The monoisotopic (exact) mass is 432 g/mol. The Labute approximate surface area is 183 Å². The van der Waals surface area contributed by atoms with E-state index in [1.807, 2.05) is 30.3 Å². The van der Waals surface area contributed by atoms with E-state index in [9.17, 15) is 14.4 Å². The maximum atomic E-state index is 12.9. The highest BCUT2D eigenvalue weighted by atomic mass is 35.5. The molecule has 1 aliphatic heterocycles. The van der Waals surface area contributed by atoms with Gasteiger partial charge in [0.2, 0.25) is 0 Å². The molecule has 1 heterocycles. The predicted molar refractivity (Wildman–Crippen MR) is 118 cm³/mol. The number of hydrogen-bond acceptors (Lipinski definition) is 4. The van der Waals surface area contributed by atoms with Crippen LogP contribution in [0.1, 0.15) is 11.1 Å². The van der Waals surface area contributed by atoms with Gasteiger partial charge in [-0.25, -0.2) is 9.69 Å². The molecule has 0 aliphatic carbocycles. The average molecular weight is 433 g/mol. The molecule has 1 aliphatic rings. The number of nitrogens with zero attached hydrogens (tertiary/aromatic N) is 1. The number of amides is 4. The molecule has 1 saturated heterocycles. The molecule has 31 heavy (non-hydrogen) atoms. The lowest BCUT2D eigenvalue weighted by atomic mass is 10.1. The van der Waals surface area contributed by atoms with Gasteiger partial charge in [0.25, 0.3) is 11.8 Å². The molecule has 0 unspecified atom stereocenters. The molecule has 154 valence electrons. The Bertz CT molecular complexity index is 1180. The Morgan fingerprint density at radius 3 is 2.26 bits per heavy atom. The Morgan fingerprint density at radius 1 is 0.903 bits per heavy atom. The summed E-state index contributed by atoms with van der Waals surface area (Å²) in [4.78, 5) is 38.3. The van der Waals surface area contributed by atoms with Crippen molar-refractivity contribution in [2.24, 2.45) is 0 Å². The summed E-state index contributed by atoms with van der Waals surface area (Å²) >= 11 is 6.33. The molecule has 6 nitrogen and oxygen atoms in total. The van der Waals surface area contributed by atoms with Gasteiger partial charge >= 0.3 is 6.03 Å². The molecule has 0 aromatic heterocycles. The summed E-state index contributed by atoms with van der Waals surface area (Å²) < 4.78 is 5.75. The normalized spacial score (nSPS) is 15.2. The fourth-order valence-electron chi connectivity index (χ4n) is 3.09. The van der Waals surface area contributed by atoms with Gasteiger partial charge in [-0.3, -0.25) is 14.9 Å². The standard InChI is InChI=1S/C24H17ClN2O4/c25-20-14-17(11-12-21(20)31-15-16-7-3-1-4-8-16)13-19-22(28)26-24(30)27(23(19)29)18-9-5-2-6-10-18/h1-14H,15H2,(H,26,28,30)/b19-13+. The summed E-state index contributed by atoms with van der Waals surface area (Å²) in [6, 6.07) is 22.2. The number of ether oxygens (including phenoxy) is 1. The van der Waals surface area contributed by atoms with Gasteiger partial charge in [-0.2, -0.15) is 0 Å². The number of carbonyl (C=O) groups is 3. The van der Waals surface area contributed by atoms with Crippen LogP contribution in [0, 0.1) is 0 Å². The first-order valence-electron chi connectivity index (χ1n) is 9.46. The van der Waals surface area contributed by atoms with E-state index < -0.39 is 17.8 Å². The van der Waals surface area contributed by atoms with E-state index in [1.165, 1.54) is 6.08 Å². The van der Waals surface area contributed by atoms with Gasteiger partial charge in [-0.15, -0.1) is 0 Å². The molecule has 1 N–H and O–H groups in total. The minimum atomic E-state index is -0.791. The summed E-state index contributed by atoms with van der Waals surface area (Å²) in [6.07, 6.45) is 1.40. The maximum absolute atomic E-state index is 12.9. The van der Waals surface area contributed by atoms with Gasteiger partial charge in [-0.1, -0.05) is 66.2 Å². The maximum Gasteiger partial charge on any atom is 0.335 e. The molecule has 0 spiro atoms. The first-order chi connectivity index (χ1) is 15.0. The van der Waals surface area contributed by atoms with E-state index in [0.717, 1.165) is 10.5 Å². The van der Waals surface area contributed by atoms with E-state index >= 15 is 0 Å². The fourth-order valence-corrected chi connectivity index (χ4v) is 3.34. The predicted octanol–water partition coefficient (Wildman–Crippen LogP) is 4.59. The second-order valence-electron chi connectivity index (χ2n) is 6.76. The number of rotatable bonds is 5. The lowest BCUT2D eigenvalue weighted by Gasteiger charge is -2.26. The topological polar surface area (TPSA) is 75.7 Å². The van der Waals surface area contributed by atoms with Crippen LogP contribution in [0.25, 0.3) is 6.08 Å². The first-order valence-corrected chi connectivity index (χ1v) is 9.83. The van der Waals surface area contributed by atoms with Crippen LogP contribution in [-0.4, -0.2) is 17.8 Å². The van der Waals surface area contributed by atoms with Gasteiger partial charge in [0.15, 0.2) is 0 Å². The van der Waals surface area contributed by atoms with Crippen molar-refractivity contribution in [2.45, 2.75) is 6.61 Å². The third-order valence-corrected chi connectivity index (χ3v) is 4.92. The zero-order chi connectivity index (χ0) is 21.8. The number of urea groups is 1. The van der Waals surface area contributed by atoms with E-state index in [-0.39, 0.29) is 5.57 Å². The second kappa shape index (κ2) is 8.85. The highest BCUT2D eigenvalue weighted by Gasteiger charge is 2.36. The van der Waals surface area contributed by atoms with Gasteiger partial charge in [0.05, 0.1) is 10.7 Å². The first kappa shape index (κ1) is 20.4. The van der Waals surface area contributed by atoms with E-state index in [2.05, 4.69) is 5.32 Å². The highest BCUT2D eigenvalue weighted by molar-refractivity contribution is 6.39. The minimum absolute atomic E-state index is 0.169. The van der Waals surface area contributed by atoms with Crippen molar-refractivity contribution in [2.75, 3.05) is 4.90 Å². The number of anilines is 1. The van der Waals surface area contributed by atoms with Crippen molar-refractivity contribution in [3.8, 4) is 5.75 Å². The van der Waals surface area contributed by atoms with E-state index in [0.29, 0.717) is 28.6 Å². The van der Waals surface area contributed by atoms with Crippen LogP contribution < -0.4 is 15.0 Å². The number of carbonyl (C=O) groups excluding carboxylic acids is 3. The molecule has 3 aromatic carbocycles. The second-order valence-corrected chi connectivity index (χ2v) is 7.16. The summed E-state index contributed by atoms with van der Waals surface area (Å²) in [5.74, 6) is -0.989. The van der Waals surface area contributed by atoms with Crippen molar-refractivity contribution < 1.29 is 19.1 Å². The molecule has 1 fully saturated rings. The van der Waals surface area contributed by atoms with Crippen LogP contribution in [0.2, 0.25) is 5.02 Å². The molecule has 0 atom stereocenters. The Hall–Kier alpha value is -3.90. The molecular weight excluding hydrogens is 416 g/mol. The largest absolute Gasteiger partial charge is 0.487 e. The van der Waals surface area contributed by atoms with Crippen molar-refractivity contribution in [3.05, 3.63) is 101 Å². The molecule has 0 saturated carbocycles. The molecule has 4 rings (SSSR count). The number of benzene rings is 3. The Kier molecular flexibility index (Phi) is 5.82. The number of nitrogens with one attached hydrogen (secondary N) is 1. The van der Waals surface area contributed by atoms with Crippen LogP contribution in [0.15, 0.2) is 84.4 Å². The van der Waals surface area contributed by atoms with Gasteiger partial charge in [0, 0.05) is 0 Å². The van der Waals surface area contributed by atoms with E-state index in [1.54, 1.807) is 48.5 Å². The highest BCUT2D eigenvalue weighted by Crippen LogP contribution is 2.28. The zero-order valence-corrected chi connectivity index (χ0v) is 17.0. The zero-order valence-electron chi connectivity index (χ0n) is 16.2. The van der Waals surface area contributed by atoms with Crippen molar-refractivity contribution in [1.82, 2.24) is 5.32 Å². The van der Waals surface area contributed by atoms with Crippen LogP contribution in [-0.2, 0) is 16.2 Å². The summed E-state index contributed by atoms with van der Waals surface area (Å²) in [6.45, 7) is 0.357. The smallest absolute Gasteiger partial charge is 0.335 e. The van der Waals surface area contributed by atoms with Crippen LogP contribution in [0.5, 0.6) is 5.75 Å². The molecule has 0 bridgehead atoms. The summed E-state index contributed by atoms with van der Waals surface area (Å²) in [7, 11) is 0. The Morgan fingerprint density at radius 2 is 1.58 bits per heavy atom. The lowest BCUT2D eigenvalue weighted by Crippen LogP contribution is -2.54. The number of para-hydroxylation sites is 1.